The second-order valence-corrected chi connectivity index (χ2v) is 10.7. The number of alkyl halides is 1. The average Bonchev–Trinajstić information content (AvgIpc) is 3.19. The fraction of sp³-hybridized carbons (Fsp3) is 0.880. The Bertz CT molecular complexity index is 607. The van der Waals surface area contributed by atoms with E-state index < -0.39 is 0 Å². The molecule has 168 valence electrons. The lowest BCUT2D eigenvalue weighted by Gasteiger charge is -2.38. The topological polar surface area (TPSA) is 41.6 Å². The van der Waals surface area contributed by atoms with Crippen LogP contribution in [0.25, 0.3) is 0 Å². The van der Waals surface area contributed by atoms with Gasteiger partial charge in [0, 0.05) is 17.8 Å². The van der Waals surface area contributed by atoms with Gasteiger partial charge in [0.1, 0.15) is 0 Å². The van der Waals surface area contributed by atoms with Crippen molar-refractivity contribution in [3.63, 3.8) is 0 Å². The van der Waals surface area contributed by atoms with Crippen molar-refractivity contribution in [1.29, 1.82) is 0 Å². The number of rotatable bonds is 6. The summed E-state index contributed by atoms with van der Waals surface area (Å²) < 4.78 is 6.55. The Morgan fingerprint density at radius 1 is 1.00 bits per heavy atom. The molecule has 30 heavy (non-hydrogen) atoms. The van der Waals surface area contributed by atoms with E-state index in [4.69, 9.17) is 22.8 Å². The largest absolute Gasteiger partial charge is 0.375 e. The number of nitrogens with one attached hydrogen (secondary N) is 1. The number of nitrogens with zero attached hydrogens (tertiary/aromatic N) is 1. The summed E-state index contributed by atoms with van der Waals surface area (Å²) >= 11 is 6.30. The molecule has 3 saturated carbocycles. The van der Waals surface area contributed by atoms with Crippen LogP contribution in [0.3, 0.4) is 0 Å². The maximum Gasteiger partial charge on any atom is 0.154 e. The number of carbonyl (C=O) groups is 1. The van der Waals surface area contributed by atoms with Gasteiger partial charge in [0.05, 0.1) is 24.8 Å². The van der Waals surface area contributed by atoms with Crippen molar-refractivity contribution in [2.75, 3.05) is 13.1 Å². The lowest BCUT2D eigenvalue weighted by Crippen LogP contribution is -2.48. The van der Waals surface area contributed by atoms with Crippen LogP contribution in [-0.2, 0) is 9.53 Å². The third-order valence-corrected chi connectivity index (χ3v) is 8.53. The first-order valence-corrected chi connectivity index (χ1v) is 12.9. The highest BCUT2D eigenvalue weighted by atomic mass is 35.5. The lowest BCUT2D eigenvalue weighted by atomic mass is 9.72. The molecule has 0 aromatic carbocycles. The summed E-state index contributed by atoms with van der Waals surface area (Å²) in [6, 6.07) is -0.0867. The van der Waals surface area contributed by atoms with Crippen LogP contribution in [0.1, 0.15) is 83.5 Å². The second kappa shape index (κ2) is 10.8. The van der Waals surface area contributed by atoms with Gasteiger partial charge in [-0.3, -0.25) is 10.2 Å². The molecule has 4 aliphatic rings. The monoisotopic (exact) mass is 434 g/mol. The maximum absolute atomic E-state index is 13.6. The first-order chi connectivity index (χ1) is 14.7. The summed E-state index contributed by atoms with van der Waals surface area (Å²) in [7, 11) is 0. The Hall–Kier alpha value is -0.600. The first kappa shape index (κ1) is 22.6. The highest BCUT2D eigenvalue weighted by molar-refractivity contribution is 6.20. The number of Topliss-reactive ketones (excluding diaryl/α,β-unsaturated/α-hetero) is 1. The first-order valence-electron chi connectivity index (χ1n) is 12.4. The van der Waals surface area contributed by atoms with Crippen LogP contribution < -0.4 is 5.43 Å². The summed E-state index contributed by atoms with van der Waals surface area (Å²) in [6.07, 6.45) is 21.4. The van der Waals surface area contributed by atoms with Gasteiger partial charge < -0.3 is 4.74 Å². The van der Waals surface area contributed by atoms with Crippen LogP contribution in [0.2, 0.25) is 0 Å². The van der Waals surface area contributed by atoms with Crippen molar-refractivity contribution in [2.45, 2.75) is 107 Å². The highest BCUT2D eigenvalue weighted by Crippen LogP contribution is 2.40. The number of ether oxygens (including phenoxy) is 1. The number of carbonyl (C=O) groups excluding carboxylic acids is 1. The Labute approximate surface area is 187 Å². The fourth-order valence-electron chi connectivity index (χ4n) is 6.45. The van der Waals surface area contributed by atoms with E-state index in [9.17, 15) is 4.79 Å². The molecule has 1 saturated heterocycles. The van der Waals surface area contributed by atoms with Crippen molar-refractivity contribution >= 4 is 17.4 Å². The minimum absolute atomic E-state index is 0.0867. The molecule has 0 aromatic rings. The summed E-state index contributed by atoms with van der Waals surface area (Å²) in [5, 5.41) is 2.30. The van der Waals surface area contributed by atoms with Crippen LogP contribution in [0, 0.1) is 30.1 Å². The molecule has 1 heterocycles. The van der Waals surface area contributed by atoms with Crippen LogP contribution in [0.5, 0.6) is 0 Å². The van der Waals surface area contributed by atoms with Gasteiger partial charge in [-0.05, 0) is 69.6 Å². The molecule has 1 aliphatic heterocycles. The minimum atomic E-state index is -0.0867. The molecule has 0 aromatic heterocycles. The van der Waals surface area contributed by atoms with Gasteiger partial charge in [-0.1, -0.05) is 31.6 Å². The summed E-state index contributed by atoms with van der Waals surface area (Å²) in [5.41, 5.74) is 3.48. The van der Waals surface area contributed by atoms with Gasteiger partial charge in [0.15, 0.2) is 5.78 Å². The normalized spacial score (nSPS) is 38.9. The van der Waals surface area contributed by atoms with E-state index in [1.54, 1.807) is 0 Å². The smallest absolute Gasteiger partial charge is 0.154 e. The van der Waals surface area contributed by atoms with E-state index in [-0.39, 0.29) is 17.3 Å². The molecule has 4 rings (SSSR count). The molecule has 1 N–H and O–H groups in total. The van der Waals surface area contributed by atoms with Gasteiger partial charge in [0.25, 0.3) is 0 Å². The summed E-state index contributed by atoms with van der Waals surface area (Å²) in [6.45, 7) is 1.36. The standard InChI is InChI=1S/C25H39ClN2O2/c1-2-15-28-24(25(29)18-11-13-20(26)14-12-18)23(17-27-28)19-7-6-10-22(16-19)30-21-8-4-3-5-9-21/h1,18-24,27H,3-17H2. The van der Waals surface area contributed by atoms with E-state index >= 15 is 0 Å². The van der Waals surface area contributed by atoms with Crippen LogP contribution in [0.15, 0.2) is 0 Å². The van der Waals surface area contributed by atoms with Crippen molar-refractivity contribution in [3.05, 3.63) is 0 Å². The Morgan fingerprint density at radius 3 is 2.47 bits per heavy atom. The summed E-state index contributed by atoms with van der Waals surface area (Å²) in [4.78, 5) is 13.6. The second-order valence-electron chi connectivity index (χ2n) is 10.1. The van der Waals surface area contributed by atoms with Crippen molar-refractivity contribution in [1.82, 2.24) is 10.4 Å². The number of halogens is 1. The van der Waals surface area contributed by atoms with Crippen molar-refractivity contribution < 1.29 is 9.53 Å². The number of hydrazine groups is 1. The lowest BCUT2D eigenvalue weighted by molar-refractivity contribution is -0.131. The van der Waals surface area contributed by atoms with Crippen molar-refractivity contribution in [3.8, 4) is 12.3 Å². The van der Waals surface area contributed by atoms with E-state index in [2.05, 4.69) is 16.4 Å². The minimum Gasteiger partial charge on any atom is -0.375 e. The molecule has 0 spiro atoms. The fourth-order valence-corrected chi connectivity index (χ4v) is 6.70. The zero-order valence-corrected chi connectivity index (χ0v) is 19.1. The van der Waals surface area contributed by atoms with Gasteiger partial charge in [-0.2, -0.15) is 0 Å². The maximum atomic E-state index is 13.6. The molecule has 0 radical (unpaired) electrons. The number of hydrogen-bond donors (Lipinski definition) is 1. The van der Waals surface area contributed by atoms with Crippen LogP contribution >= 0.6 is 11.6 Å². The zero-order valence-electron chi connectivity index (χ0n) is 18.4. The number of ketones is 1. The van der Waals surface area contributed by atoms with Gasteiger partial charge in [-0.15, -0.1) is 18.0 Å². The van der Waals surface area contributed by atoms with E-state index in [0.29, 0.717) is 36.4 Å². The average molecular weight is 435 g/mol. The molecule has 0 amide bonds. The number of hydrogen-bond acceptors (Lipinski definition) is 4. The van der Waals surface area contributed by atoms with Crippen LogP contribution in [-0.4, -0.2) is 47.5 Å². The van der Waals surface area contributed by atoms with Crippen LogP contribution in [0.4, 0.5) is 0 Å². The molecule has 5 heteroatoms. The Morgan fingerprint density at radius 2 is 1.73 bits per heavy atom. The van der Waals surface area contributed by atoms with Gasteiger partial charge in [-0.25, -0.2) is 5.01 Å². The number of terminal acetylenes is 1. The molecule has 4 nitrogen and oxygen atoms in total. The van der Waals surface area contributed by atoms with Gasteiger partial charge in [0.2, 0.25) is 0 Å². The third-order valence-electron chi connectivity index (χ3n) is 8.09. The molecule has 4 atom stereocenters. The Balaban J connectivity index is 1.41. The molecule has 3 aliphatic carbocycles. The van der Waals surface area contributed by atoms with Crippen molar-refractivity contribution in [2.24, 2.45) is 17.8 Å². The summed E-state index contributed by atoms with van der Waals surface area (Å²) in [5.74, 6) is 4.19. The molecule has 0 bridgehead atoms. The zero-order chi connectivity index (χ0) is 20.9. The Kier molecular flexibility index (Phi) is 8.14. The highest BCUT2D eigenvalue weighted by Gasteiger charge is 2.46. The molecular formula is C25H39ClN2O2. The third kappa shape index (κ3) is 5.41. The van der Waals surface area contributed by atoms with E-state index in [1.807, 2.05) is 0 Å². The van der Waals surface area contributed by atoms with Gasteiger partial charge >= 0.3 is 0 Å². The van der Waals surface area contributed by atoms with E-state index in [0.717, 1.165) is 38.6 Å². The molecular weight excluding hydrogens is 396 g/mol. The predicted octanol–water partition coefficient (Wildman–Crippen LogP) is 4.70. The SMILES string of the molecule is C#CCN1NCC(C2CCCC(OC3CCCCC3)C2)C1C(=O)C1CCC(Cl)CC1. The van der Waals surface area contributed by atoms with E-state index in [1.165, 1.54) is 51.4 Å². The molecule has 4 unspecified atom stereocenters. The quantitative estimate of drug-likeness (QED) is 0.486. The molecule has 4 fully saturated rings. The predicted molar refractivity (Wildman–Crippen MR) is 121 cm³/mol.